The topological polar surface area (TPSA) is 49.7 Å². The molecule has 0 aliphatic carbocycles. The van der Waals surface area contributed by atoms with E-state index in [4.69, 9.17) is 10.0 Å². The summed E-state index contributed by atoms with van der Waals surface area (Å²) in [7, 11) is -2.19. The maximum absolute atomic E-state index is 12.9. The standard InChI is InChI=1S/C7H4BF5O3/c9-4-1-3(8(14)15)2-5(10)6(4)16-7(11,12)13/h1-2,14-15H. The lowest BCUT2D eigenvalue weighted by molar-refractivity contribution is -0.276. The molecule has 1 aromatic carbocycles. The Morgan fingerprint density at radius 2 is 1.50 bits per heavy atom. The second kappa shape index (κ2) is 4.26. The summed E-state index contributed by atoms with van der Waals surface area (Å²) in [6, 6.07) is 0.656. The fraction of sp³-hybridized carbons (Fsp3) is 0.143. The molecule has 0 fully saturated rings. The van der Waals surface area contributed by atoms with Crippen molar-refractivity contribution in [1.82, 2.24) is 0 Å². The molecule has 88 valence electrons. The van der Waals surface area contributed by atoms with Gasteiger partial charge in [-0.25, -0.2) is 8.78 Å². The van der Waals surface area contributed by atoms with Crippen LogP contribution in [0, 0.1) is 11.6 Å². The first-order chi connectivity index (χ1) is 7.20. The van der Waals surface area contributed by atoms with Crippen molar-refractivity contribution in [3.05, 3.63) is 23.8 Å². The maximum atomic E-state index is 12.9. The fourth-order valence-corrected chi connectivity index (χ4v) is 0.942. The number of hydrogen-bond donors (Lipinski definition) is 2. The molecule has 0 amide bonds. The molecule has 0 unspecified atom stereocenters. The molecule has 0 saturated heterocycles. The molecule has 9 heteroatoms. The van der Waals surface area contributed by atoms with E-state index in [0.29, 0.717) is 12.1 Å². The third kappa shape index (κ3) is 3.07. The highest BCUT2D eigenvalue weighted by molar-refractivity contribution is 6.58. The fourth-order valence-electron chi connectivity index (χ4n) is 0.942. The smallest absolute Gasteiger partial charge is 0.423 e. The minimum Gasteiger partial charge on any atom is -0.423 e. The van der Waals surface area contributed by atoms with Gasteiger partial charge < -0.3 is 14.8 Å². The quantitative estimate of drug-likeness (QED) is 0.587. The van der Waals surface area contributed by atoms with E-state index < -0.39 is 36.3 Å². The minimum atomic E-state index is -5.24. The van der Waals surface area contributed by atoms with Crippen LogP contribution in [-0.4, -0.2) is 23.5 Å². The molecule has 16 heavy (non-hydrogen) atoms. The Morgan fingerprint density at radius 1 is 1.06 bits per heavy atom. The van der Waals surface area contributed by atoms with Crippen molar-refractivity contribution in [3.63, 3.8) is 0 Å². The summed E-state index contributed by atoms with van der Waals surface area (Å²) in [5.74, 6) is -5.00. The molecular weight excluding hydrogens is 238 g/mol. The summed E-state index contributed by atoms with van der Waals surface area (Å²) in [5.41, 5.74) is -0.621. The van der Waals surface area contributed by atoms with Crippen LogP contribution in [0.15, 0.2) is 12.1 Å². The van der Waals surface area contributed by atoms with E-state index in [1.807, 2.05) is 0 Å². The molecule has 0 aromatic heterocycles. The average Bonchev–Trinajstić information content (AvgIpc) is 2.09. The summed E-state index contributed by atoms with van der Waals surface area (Å²) in [5, 5.41) is 17.1. The van der Waals surface area contributed by atoms with Gasteiger partial charge in [-0.05, 0) is 17.6 Å². The zero-order valence-electron chi connectivity index (χ0n) is 7.42. The second-order valence-corrected chi connectivity index (χ2v) is 2.74. The second-order valence-electron chi connectivity index (χ2n) is 2.74. The summed E-state index contributed by atoms with van der Waals surface area (Å²) in [4.78, 5) is 0. The zero-order valence-corrected chi connectivity index (χ0v) is 7.42. The zero-order chi connectivity index (χ0) is 12.5. The van der Waals surface area contributed by atoms with Crippen LogP contribution < -0.4 is 10.2 Å². The Morgan fingerprint density at radius 3 is 1.81 bits per heavy atom. The molecule has 0 bridgehead atoms. The van der Waals surface area contributed by atoms with E-state index in [9.17, 15) is 22.0 Å². The Labute approximate surface area is 86.2 Å². The first-order valence-corrected chi connectivity index (χ1v) is 3.81. The molecule has 0 heterocycles. The molecule has 0 radical (unpaired) electrons. The lowest BCUT2D eigenvalue weighted by Gasteiger charge is -2.11. The van der Waals surface area contributed by atoms with Gasteiger partial charge in [0.25, 0.3) is 0 Å². The molecule has 0 aliphatic rings. The molecule has 1 aromatic rings. The molecule has 0 atom stereocenters. The first-order valence-electron chi connectivity index (χ1n) is 3.81. The van der Waals surface area contributed by atoms with E-state index in [2.05, 4.69) is 4.74 Å². The first kappa shape index (κ1) is 12.7. The SMILES string of the molecule is OB(O)c1cc(F)c(OC(F)(F)F)c(F)c1. The van der Waals surface area contributed by atoms with E-state index in [1.165, 1.54) is 0 Å². The monoisotopic (exact) mass is 242 g/mol. The van der Waals surface area contributed by atoms with Gasteiger partial charge in [0, 0.05) is 0 Å². The van der Waals surface area contributed by atoms with Crippen molar-refractivity contribution in [2.24, 2.45) is 0 Å². The average molecular weight is 242 g/mol. The van der Waals surface area contributed by atoms with Crippen molar-refractivity contribution >= 4 is 12.6 Å². The van der Waals surface area contributed by atoms with Gasteiger partial charge in [-0.1, -0.05) is 0 Å². The van der Waals surface area contributed by atoms with Gasteiger partial charge in [-0.15, -0.1) is 13.2 Å². The van der Waals surface area contributed by atoms with Crippen molar-refractivity contribution in [1.29, 1.82) is 0 Å². The van der Waals surface area contributed by atoms with Crippen LogP contribution in [0.25, 0.3) is 0 Å². The molecular formula is C7H4BF5O3. The summed E-state index contributed by atoms with van der Waals surface area (Å²) < 4.78 is 64.0. The van der Waals surface area contributed by atoms with E-state index in [1.54, 1.807) is 0 Å². The third-order valence-electron chi connectivity index (χ3n) is 1.54. The van der Waals surface area contributed by atoms with Crippen LogP contribution >= 0.6 is 0 Å². The number of ether oxygens (including phenoxy) is 1. The van der Waals surface area contributed by atoms with Crippen molar-refractivity contribution < 1.29 is 36.7 Å². The normalized spacial score (nSPS) is 11.4. The molecule has 3 nitrogen and oxygen atoms in total. The minimum absolute atomic E-state index is 0.328. The van der Waals surface area contributed by atoms with Gasteiger partial charge in [-0.3, -0.25) is 0 Å². The predicted octanol–water partition coefficient (Wildman–Crippen LogP) is 0.543. The van der Waals surface area contributed by atoms with Crippen LogP contribution in [0.3, 0.4) is 0 Å². The van der Waals surface area contributed by atoms with Crippen LogP contribution in [-0.2, 0) is 0 Å². The molecule has 1 rings (SSSR count). The highest BCUT2D eigenvalue weighted by Crippen LogP contribution is 2.27. The maximum Gasteiger partial charge on any atom is 0.573 e. The summed E-state index contributed by atoms with van der Waals surface area (Å²) in [6.45, 7) is 0. The summed E-state index contributed by atoms with van der Waals surface area (Å²) >= 11 is 0. The van der Waals surface area contributed by atoms with Crippen molar-refractivity contribution in [2.45, 2.75) is 6.36 Å². The van der Waals surface area contributed by atoms with Crippen LogP contribution in [0.2, 0.25) is 0 Å². The third-order valence-corrected chi connectivity index (χ3v) is 1.54. The molecule has 2 N–H and O–H groups in total. The van der Waals surface area contributed by atoms with Gasteiger partial charge in [0.05, 0.1) is 0 Å². The van der Waals surface area contributed by atoms with Gasteiger partial charge in [0.2, 0.25) is 5.75 Å². The highest BCUT2D eigenvalue weighted by atomic mass is 19.4. The number of alkyl halides is 3. The van der Waals surface area contributed by atoms with Gasteiger partial charge in [0.15, 0.2) is 11.6 Å². The molecule has 0 spiro atoms. The van der Waals surface area contributed by atoms with E-state index >= 15 is 0 Å². The van der Waals surface area contributed by atoms with Crippen LogP contribution in [0.4, 0.5) is 22.0 Å². The molecule has 0 saturated carbocycles. The van der Waals surface area contributed by atoms with Crippen LogP contribution in [0.1, 0.15) is 0 Å². The Balaban J connectivity index is 3.13. The van der Waals surface area contributed by atoms with Crippen LogP contribution in [0.5, 0.6) is 5.75 Å². The predicted molar refractivity (Wildman–Crippen MR) is 42.9 cm³/mol. The van der Waals surface area contributed by atoms with Gasteiger partial charge in [0.1, 0.15) is 0 Å². The lowest BCUT2D eigenvalue weighted by atomic mass is 9.80. The Bertz CT molecular complexity index is 369. The van der Waals surface area contributed by atoms with Crippen molar-refractivity contribution in [3.8, 4) is 5.75 Å². The Kier molecular flexibility index (Phi) is 3.39. The lowest BCUT2D eigenvalue weighted by Crippen LogP contribution is -2.31. The molecule has 0 aliphatic heterocycles. The van der Waals surface area contributed by atoms with Gasteiger partial charge >= 0.3 is 13.5 Å². The number of hydrogen-bond acceptors (Lipinski definition) is 3. The van der Waals surface area contributed by atoms with E-state index in [-0.39, 0.29) is 0 Å². The largest absolute Gasteiger partial charge is 0.573 e. The van der Waals surface area contributed by atoms with Crippen molar-refractivity contribution in [2.75, 3.05) is 0 Å². The number of rotatable bonds is 2. The summed E-state index contributed by atoms with van der Waals surface area (Å²) in [6.07, 6.45) is -5.24. The highest BCUT2D eigenvalue weighted by Gasteiger charge is 2.34. The number of benzene rings is 1. The van der Waals surface area contributed by atoms with E-state index in [0.717, 1.165) is 0 Å². The Hall–Kier alpha value is -1.35. The number of halogens is 5. The van der Waals surface area contributed by atoms with Gasteiger partial charge in [-0.2, -0.15) is 0 Å².